The molecule has 4 heterocycles. The van der Waals surface area contributed by atoms with E-state index in [9.17, 15) is 9.18 Å². The summed E-state index contributed by atoms with van der Waals surface area (Å²) in [6, 6.07) is 9.73. The summed E-state index contributed by atoms with van der Waals surface area (Å²) in [5.41, 5.74) is 4.38. The molecule has 1 saturated carbocycles. The van der Waals surface area contributed by atoms with Crippen molar-refractivity contribution in [3.8, 4) is 5.82 Å². The number of hydrogen-bond acceptors (Lipinski definition) is 7. The van der Waals surface area contributed by atoms with Crippen LogP contribution in [-0.4, -0.2) is 48.6 Å². The van der Waals surface area contributed by atoms with E-state index in [1.807, 2.05) is 13.0 Å². The van der Waals surface area contributed by atoms with Crippen LogP contribution in [0.5, 0.6) is 0 Å². The molecule has 0 spiro atoms. The third-order valence-corrected chi connectivity index (χ3v) is 5.46. The Bertz CT molecular complexity index is 1240. The second-order valence-corrected chi connectivity index (χ2v) is 8.27. The number of aromatic nitrogens is 6. The number of halogens is 1. The second kappa shape index (κ2) is 13.1. The molecule has 1 amide bonds. The van der Waals surface area contributed by atoms with Gasteiger partial charge in [-0.15, -0.1) is 0 Å². The number of H-pyrrole nitrogens is 1. The first kappa shape index (κ1) is 26.5. The molecule has 0 saturated heterocycles. The molecule has 11 heteroatoms. The number of anilines is 2. The van der Waals surface area contributed by atoms with E-state index >= 15 is 0 Å². The SMILES string of the molecule is CO.Cc1cc(Nc2cc(C)[nH]n2)nc(C2CCC2)c1.O=CNCc1ccc(-n2cc(F)cn2)nc1. The fraction of sp³-hybridized carbons (Fsp3) is 0.320. The van der Waals surface area contributed by atoms with Gasteiger partial charge in [0.1, 0.15) is 5.82 Å². The Hall–Kier alpha value is -4.12. The first-order chi connectivity index (χ1) is 17.5. The van der Waals surface area contributed by atoms with Crippen molar-refractivity contribution < 1.29 is 14.3 Å². The van der Waals surface area contributed by atoms with Crippen LogP contribution in [0.4, 0.5) is 16.0 Å². The van der Waals surface area contributed by atoms with E-state index in [2.05, 4.69) is 50.0 Å². The van der Waals surface area contributed by atoms with Gasteiger partial charge in [0.05, 0.1) is 12.4 Å². The minimum absolute atomic E-state index is 0.409. The van der Waals surface area contributed by atoms with Gasteiger partial charge < -0.3 is 15.7 Å². The largest absolute Gasteiger partial charge is 0.400 e. The quantitative estimate of drug-likeness (QED) is 0.288. The standard InChI is InChI=1S/C14H18N4.C10H9FN4O.CH4O/c1-9-6-12(11-4-3-5-11)15-13(7-9)16-14-8-10(2)17-18-14;11-9-5-14-15(6-9)10-2-1-8(4-13-10)3-12-7-16;1-2/h6-8,11H,3-5H2,1-2H3,(H2,15,16,17,18);1-2,4-7H,3H2,(H,12,16);2H,1H3. The summed E-state index contributed by atoms with van der Waals surface area (Å²) in [4.78, 5) is 18.9. The summed E-state index contributed by atoms with van der Waals surface area (Å²) >= 11 is 0. The molecule has 4 N–H and O–H groups in total. The molecule has 36 heavy (non-hydrogen) atoms. The molecule has 10 nitrogen and oxygen atoms in total. The van der Waals surface area contributed by atoms with Crippen LogP contribution in [0, 0.1) is 19.7 Å². The number of aliphatic hydroxyl groups is 1. The molecular weight excluding hydrogens is 463 g/mol. The van der Waals surface area contributed by atoms with Gasteiger partial charge in [-0.3, -0.25) is 9.89 Å². The van der Waals surface area contributed by atoms with Crippen molar-refractivity contribution in [1.82, 2.24) is 35.3 Å². The molecule has 0 radical (unpaired) electrons. The monoisotopic (exact) mass is 494 g/mol. The maximum Gasteiger partial charge on any atom is 0.207 e. The van der Waals surface area contributed by atoms with Crippen molar-refractivity contribution >= 4 is 18.0 Å². The van der Waals surface area contributed by atoms with E-state index in [1.54, 1.807) is 18.3 Å². The number of aryl methyl sites for hydroxylation is 2. The van der Waals surface area contributed by atoms with Crippen molar-refractivity contribution in [3.05, 3.63) is 77.3 Å². The maximum absolute atomic E-state index is 12.7. The van der Waals surface area contributed by atoms with E-state index in [0.717, 1.165) is 36.2 Å². The van der Waals surface area contributed by atoms with E-state index < -0.39 is 5.82 Å². The van der Waals surface area contributed by atoms with Crippen molar-refractivity contribution in [1.29, 1.82) is 0 Å². The van der Waals surface area contributed by atoms with Gasteiger partial charge in [-0.05, 0) is 56.0 Å². The Labute approximate surface area is 209 Å². The smallest absolute Gasteiger partial charge is 0.207 e. The van der Waals surface area contributed by atoms with Gasteiger partial charge >= 0.3 is 0 Å². The molecule has 4 aromatic heterocycles. The van der Waals surface area contributed by atoms with E-state index in [0.29, 0.717) is 24.7 Å². The summed E-state index contributed by atoms with van der Waals surface area (Å²) in [7, 11) is 1.00. The van der Waals surface area contributed by atoms with Crippen LogP contribution in [0.2, 0.25) is 0 Å². The zero-order chi connectivity index (χ0) is 25.9. The highest BCUT2D eigenvalue weighted by molar-refractivity contribution is 5.53. The number of rotatable bonds is 7. The van der Waals surface area contributed by atoms with Crippen molar-refractivity contribution in [2.24, 2.45) is 0 Å². The topological polar surface area (TPSA) is 134 Å². The van der Waals surface area contributed by atoms with Crippen molar-refractivity contribution in [3.63, 3.8) is 0 Å². The van der Waals surface area contributed by atoms with Gasteiger partial charge in [0.2, 0.25) is 6.41 Å². The van der Waals surface area contributed by atoms with Crippen molar-refractivity contribution in [2.45, 2.75) is 45.6 Å². The van der Waals surface area contributed by atoms with Crippen LogP contribution in [0.3, 0.4) is 0 Å². The minimum atomic E-state index is -0.409. The highest BCUT2D eigenvalue weighted by atomic mass is 19.1. The molecule has 5 rings (SSSR count). The predicted octanol–water partition coefficient (Wildman–Crippen LogP) is 3.69. The van der Waals surface area contributed by atoms with Crippen LogP contribution >= 0.6 is 0 Å². The van der Waals surface area contributed by atoms with Crippen LogP contribution in [-0.2, 0) is 11.3 Å². The third kappa shape index (κ3) is 7.44. The predicted molar refractivity (Wildman–Crippen MR) is 135 cm³/mol. The van der Waals surface area contributed by atoms with Gasteiger partial charge in [0.25, 0.3) is 0 Å². The lowest BCUT2D eigenvalue weighted by Gasteiger charge is -2.25. The molecule has 0 aliphatic heterocycles. The minimum Gasteiger partial charge on any atom is -0.400 e. The highest BCUT2D eigenvalue weighted by Gasteiger charge is 2.21. The molecule has 1 fully saturated rings. The Morgan fingerprint density at radius 3 is 2.53 bits per heavy atom. The number of carbonyl (C=O) groups excluding carboxylic acids is 1. The lowest BCUT2D eigenvalue weighted by atomic mass is 9.82. The fourth-order valence-electron chi connectivity index (χ4n) is 3.53. The summed E-state index contributed by atoms with van der Waals surface area (Å²) in [6.07, 6.45) is 8.47. The number of hydrogen-bond donors (Lipinski definition) is 4. The first-order valence-corrected chi connectivity index (χ1v) is 11.5. The lowest BCUT2D eigenvalue weighted by molar-refractivity contribution is -0.109. The van der Waals surface area contributed by atoms with Crippen LogP contribution in [0.15, 0.2) is 48.9 Å². The maximum atomic E-state index is 12.7. The molecule has 1 aliphatic rings. The molecule has 190 valence electrons. The van der Waals surface area contributed by atoms with Gasteiger partial charge in [-0.25, -0.2) is 19.0 Å². The number of aliphatic hydroxyl groups excluding tert-OH is 1. The summed E-state index contributed by atoms with van der Waals surface area (Å²) in [5.74, 6) is 2.49. The average molecular weight is 495 g/mol. The molecule has 4 aromatic rings. The first-order valence-electron chi connectivity index (χ1n) is 11.5. The van der Waals surface area contributed by atoms with Crippen molar-refractivity contribution in [2.75, 3.05) is 12.4 Å². The number of aromatic amines is 1. The molecule has 0 unspecified atom stereocenters. The fourth-order valence-corrected chi connectivity index (χ4v) is 3.53. The van der Waals surface area contributed by atoms with Gasteiger partial charge in [-0.2, -0.15) is 10.2 Å². The molecule has 0 aromatic carbocycles. The Morgan fingerprint density at radius 1 is 1.17 bits per heavy atom. The Kier molecular flexibility index (Phi) is 9.64. The summed E-state index contributed by atoms with van der Waals surface area (Å²) in [6.45, 7) is 4.52. The number of nitrogens with zero attached hydrogens (tertiary/aromatic N) is 5. The summed E-state index contributed by atoms with van der Waals surface area (Å²) in [5, 5.41) is 23.7. The molecule has 0 atom stereocenters. The zero-order valence-electron chi connectivity index (χ0n) is 20.6. The highest BCUT2D eigenvalue weighted by Crippen LogP contribution is 2.36. The van der Waals surface area contributed by atoms with Gasteiger partial charge in [-0.1, -0.05) is 12.5 Å². The Morgan fingerprint density at radius 2 is 1.97 bits per heavy atom. The van der Waals surface area contributed by atoms with E-state index in [1.165, 1.54) is 41.4 Å². The lowest BCUT2D eigenvalue weighted by Crippen LogP contribution is -2.11. The molecule has 0 bridgehead atoms. The van der Waals surface area contributed by atoms with E-state index in [-0.39, 0.29) is 0 Å². The van der Waals surface area contributed by atoms with Gasteiger partial charge in [0.15, 0.2) is 17.5 Å². The normalized spacial score (nSPS) is 12.4. The van der Waals surface area contributed by atoms with Crippen LogP contribution in [0.1, 0.15) is 47.7 Å². The van der Waals surface area contributed by atoms with E-state index in [4.69, 9.17) is 10.1 Å². The average Bonchev–Trinajstić information content (AvgIpc) is 3.46. The number of amides is 1. The van der Waals surface area contributed by atoms with Crippen LogP contribution < -0.4 is 10.6 Å². The number of carbonyl (C=O) groups is 1. The summed E-state index contributed by atoms with van der Waals surface area (Å²) < 4.78 is 14.0. The number of pyridine rings is 2. The molecular formula is C25H31FN8O2. The number of nitrogens with one attached hydrogen (secondary N) is 3. The third-order valence-electron chi connectivity index (χ3n) is 5.46. The Balaban J connectivity index is 0.000000189. The molecule has 1 aliphatic carbocycles. The van der Waals surface area contributed by atoms with Gasteiger partial charge in [0, 0.05) is 43.2 Å². The van der Waals surface area contributed by atoms with Crippen LogP contribution in [0.25, 0.3) is 5.82 Å². The zero-order valence-corrected chi connectivity index (χ0v) is 20.6. The second-order valence-electron chi connectivity index (χ2n) is 8.27.